The molecule has 0 aliphatic rings. The van der Waals surface area contributed by atoms with Gasteiger partial charge in [0.2, 0.25) is 10.0 Å². The van der Waals surface area contributed by atoms with E-state index in [1.807, 2.05) is 0 Å². The van der Waals surface area contributed by atoms with Crippen LogP contribution in [0, 0.1) is 10.1 Å². The predicted molar refractivity (Wildman–Crippen MR) is 102 cm³/mol. The maximum absolute atomic E-state index is 12.2. The van der Waals surface area contributed by atoms with Crippen LogP contribution in [0.2, 0.25) is 0 Å². The molecule has 0 heterocycles. The molecule has 0 bridgehead atoms. The Kier molecular flexibility index (Phi) is 6.31. The third kappa shape index (κ3) is 6.06. The number of anilines is 2. The Hall–Kier alpha value is -3.47. The molecule has 2 aromatic carbocycles. The monoisotopic (exact) mass is 407 g/mol. The van der Waals surface area contributed by atoms with E-state index in [9.17, 15) is 28.1 Å². The van der Waals surface area contributed by atoms with Crippen molar-refractivity contribution in [3.05, 3.63) is 64.2 Å². The summed E-state index contributed by atoms with van der Waals surface area (Å²) in [7, 11) is -3.51. The lowest BCUT2D eigenvalue weighted by Crippen LogP contribution is -2.30. The van der Waals surface area contributed by atoms with E-state index in [2.05, 4.69) is 10.0 Å². The van der Waals surface area contributed by atoms with Gasteiger partial charge < -0.3 is 10.1 Å². The lowest BCUT2D eigenvalue weighted by atomic mass is 10.2. The van der Waals surface area contributed by atoms with Crippen molar-refractivity contribution in [2.24, 2.45) is 0 Å². The van der Waals surface area contributed by atoms with Gasteiger partial charge in [0.1, 0.15) is 0 Å². The minimum Gasteiger partial charge on any atom is -0.449 e. The summed E-state index contributed by atoms with van der Waals surface area (Å²) in [4.78, 5) is 34.4. The van der Waals surface area contributed by atoms with Gasteiger partial charge >= 0.3 is 5.97 Å². The van der Waals surface area contributed by atoms with Crippen molar-refractivity contribution in [3.63, 3.8) is 0 Å². The Balaban J connectivity index is 2.00. The molecule has 2 aromatic rings. The number of sulfonamides is 1. The molecule has 0 aliphatic heterocycles. The van der Waals surface area contributed by atoms with Crippen molar-refractivity contribution in [2.45, 2.75) is 13.0 Å². The van der Waals surface area contributed by atoms with E-state index >= 15 is 0 Å². The molecular formula is C17H17N3O7S. The fourth-order valence-electron chi connectivity index (χ4n) is 2.12. The first-order valence-electron chi connectivity index (χ1n) is 7.89. The van der Waals surface area contributed by atoms with Gasteiger partial charge in [-0.3, -0.25) is 19.6 Å². The molecule has 10 nitrogen and oxygen atoms in total. The van der Waals surface area contributed by atoms with Crippen LogP contribution in [-0.2, 0) is 19.6 Å². The van der Waals surface area contributed by atoms with E-state index < -0.39 is 32.9 Å². The Morgan fingerprint density at radius 2 is 1.75 bits per heavy atom. The fraction of sp³-hybridized carbons (Fsp3) is 0.176. The quantitative estimate of drug-likeness (QED) is 0.406. The molecule has 148 valence electrons. The van der Waals surface area contributed by atoms with Gasteiger partial charge in [-0.05, 0) is 37.3 Å². The van der Waals surface area contributed by atoms with E-state index in [1.165, 1.54) is 55.5 Å². The maximum Gasteiger partial charge on any atom is 0.338 e. The second-order valence-corrected chi connectivity index (χ2v) is 7.54. The second-order valence-electron chi connectivity index (χ2n) is 5.80. The number of carbonyl (C=O) groups excluding carboxylic acids is 2. The average Bonchev–Trinajstić information content (AvgIpc) is 2.60. The van der Waals surface area contributed by atoms with E-state index in [0.717, 1.165) is 6.26 Å². The van der Waals surface area contributed by atoms with Gasteiger partial charge in [0.25, 0.3) is 11.6 Å². The van der Waals surface area contributed by atoms with Crippen molar-refractivity contribution in [3.8, 4) is 0 Å². The standard InChI is InChI=1S/C17H17N3O7S/c1-11(16(21)18-13-6-8-15(9-7-13)20(23)24)27-17(22)12-4-3-5-14(10-12)19-28(2,25)26/h3-11,19H,1-2H3,(H,18,21). The number of nitrogens with zero attached hydrogens (tertiary/aromatic N) is 1. The molecule has 1 unspecified atom stereocenters. The van der Waals surface area contributed by atoms with Crippen LogP contribution in [0.4, 0.5) is 17.1 Å². The van der Waals surface area contributed by atoms with Crippen LogP contribution in [0.5, 0.6) is 0 Å². The molecule has 0 fully saturated rings. The lowest BCUT2D eigenvalue weighted by molar-refractivity contribution is -0.384. The van der Waals surface area contributed by atoms with Gasteiger partial charge in [0, 0.05) is 23.5 Å². The molecule has 0 saturated carbocycles. The van der Waals surface area contributed by atoms with Gasteiger partial charge in [0.15, 0.2) is 6.10 Å². The van der Waals surface area contributed by atoms with Crippen LogP contribution in [0.1, 0.15) is 17.3 Å². The fourth-order valence-corrected chi connectivity index (χ4v) is 2.67. The van der Waals surface area contributed by atoms with Gasteiger partial charge in [-0.2, -0.15) is 0 Å². The van der Waals surface area contributed by atoms with Crippen molar-refractivity contribution < 1.29 is 27.7 Å². The molecule has 0 radical (unpaired) electrons. The summed E-state index contributed by atoms with van der Waals surface area (Å²) in [5.74, 6) is -1.45. The Morgan fingerprint density at radius 3 is 2.32 bits per heavy atom. The number of esters is 1. The van der Waals surface area contributed by atoms with E-state index in [-0.39, 0.29) is 16.9 Å². The zero-order valence-electron chi connectivity index (χ0n) is 14.9. The summed E-state index contributed by atoms with van der Waals surface area (Å²) in [6, 6.07) is 10.8. The third-order valence-corrected chi connectivity index (χ3v) is 4.01. The minimum atomic E-state index is -3.51. The van der Waals surface area contributed by atoms with Crippen molar-refractivity contribution in [2.75, 3.05) is 16.3 Å². The zero-order valence-corrected chi connectivity index (χ0v) is 15.7. The summed E-state index contributed by atoms with van der Waals surface area (Å²) in [6.07, 6.45) is -0.183. The van der Waals surface area contributed by atoms with Crippen LogP contribution in [0.3, 0.4) is 0 Å². The molecule has 0 aromatic heterocycles. The van der Waals surface area contributed by atoms with Crippen molar-refractivity contribution in [1.82, 2.24) is 0 Å². The van der Waals surface area contributed by atoms with Crippen molar-refractivity contribution in [1.29, 1.82) is 0 Å². The summed E-state index contributed by atoms with van der Waals surface area (Å²) in [5.41, 5.74) is 0.418. The highest BCUT2D eigenvalue weighted by atomic mass is 32.2. The number of nitrogens with one attached hydrogen (secondary N) is 2. The molecule has 1 amide bonds. The SMILES string of the molecule is CC(OC(=O)c1cccc(NS(C)(=O)=O)c1)C(=O)Nc1ccc([N+](=O)[O-])cc1. The number of nitro benzene ring substituents is 1. The Bertz CT molecular complexity index is 1000. The number of nitro groups is 1. The number of rotatable bonds is 7. The number of hydrogen-bond acceptors (Lipinski definition) is 7. The summed E-state index contributed by atoms with van der Waals surface area (Å²) < 4.78 is 29.8. The highest BCUT2D eigenvalue weighted by molar-refractivity contribution is 7.92. The summed E-state index contributed by atoms with van der Waals surface area (Å²) in [5, 5.41) is 13.1. The van der Waals surface area contributed by atoms with E-state index in [1.54, 1.807) is 0 Å². The van der Waals surface area contributed by atoms with Crippen LogP contribution < -0.4 is 10.0 Å². The van der Waals surface area contributed by atoms with Gasteiger partial charge in [-0.1, -0.05) is 6.07 Å². The number of carbonyl (C=O) groups is 2. The topological polar surface area (TPSA) is 145 Å². The molecule has 0 spiro atoms. The number of benzene rings is 2. The molecule has 2 rings (SSSR count). The minimum absolute atomic E-state index is 0.0589. The summed E-state index contributed by atoms with van der Waals surface area (Å²) >= 11 is 0. The van der Waals surface area contributed by atoms with Gasteiger partial charge in [-0.15, -0.1) is 0 Å². The predicted octanol–water partition coefficient (Wildman–Crippen LogP) is 2.15. The van der Waals surface area contributed by atoms with E-state index in [0.29, 0.717) is 5.69 Å². The highest BCUT2D eigenvalue weighted by Crippen LogP contribution is 2.17. The van der Waals surface area contributed by atoms with Crippen LogP contribution in [0.15, 0.2) is 48.5 Å². The molecular weight excluding hydrogens is 390 g/mol. The second kappa shape index (κ2) is 8.48. The molecule has 0 saturated heterocycles. The lowest BCUT2D eigenvalue weighted by Gasteiger charge is -2.14. The Labute approximate surface area is 160 Å². The number of hydrogen-bond donors (Lipinski definition) is 2. The molecule has 0 aliphatic carbocycles. The first-order valence-corrected chi connectivity index (χ1v) is 9.78. The maximum atomic E-state index is 12.2. The number of non-ortho nitro benzene ring substituents is 1. The summed E-state index contributed by atoms with van der Waals surface area (Å²) in [6.45, 7) is 1.36. The Morgan fingerprint density at radius 1 is 1.11 bits per heavy atom. The van der Waals surface area contributed by atoms with Gasteiger partial charge in [-0.25, -0.2) is 13.2 Å². The first-order chi connectivity index (χ1) is 13.0. The average molecular weight is 407 g/mol. The molecule has 28 heavy (non-hydrogen) atoms. The largest absolute Gasteiger partial charge is 0.449 e. The van der Waals surface area contributed by atoms with Crippen LogP contribution in [0.25, 0.3) is 0 Å². The molecule has 11 heteroatoms. The first kappa shape index (κ1) is 20.8. The normalized spacial score (nSPS) is 11.9. The molecule has 2 N–H and O–H groups in total. The number of ether oxygens (including phenoxy) is 1. The zero-order chi connectivity index (χ0) is 20.9. The highest BCUT2D eigenvalue weighted by Gasteiger charge is 2.20. The van der Waals surface area contributed by atoms with Gasteiger partial charge in [0.05, 0.1) is 16.7 Å². The van der Waals surface area contributed by atoms with E-state index in [4.69, 9.17) is 4.74 Å². The third-order valence-electron chi connectivity index (χ3n) is 3.40. The van der Waals surface area contributed by atoms with Crippen molar-refractivity contribution >= 4 is 39.0 Å². The smallest absolute Gasteiger partial charge is 0.338 e. The van der Waals surface area contributed by atoms with Crippen LogP contribution in [-0.4, -0.2) is 37.6 Å². The van der Waals surface area contributed by atoms with Crippen LogP contribution >= 0.6 is 0 Å². The number of amides is 1. The molecule has 1 atom stereocenters.